The highest BCUT2D eigenvalue weighted by molar-refractivity contribution is 7.85. The largest absolute Gasteiger partial charge is 0.465 e. The molecule has 1 rings (SSSR count). The smallest absolute Gasteiger partial charge is 0.308 e. The third kappa shape index (κ3) is 5.46. The van der Waals surface area contributed by atoms with Crippen LogP contribution in [0.1, 0.15) is 38.5 Å². The molecule has 1 saturated carbocycles. The predicted octanol–water partition coefficient (Wildman–Crippen LogP) is 1.39. The average Bonchev–Trinajstić information content (AvgIpc) is 2.24. The van der Waals surface area contributed by atoms with Gasteiger partial charge in [-0.1, -0.05) is 19.3 Å². The molecule has 1 aliphatic carbocycles. The molecule has 1 aliphatic rings. The number of hydrogen-bond acceptors (Lipinski definition) is 4. The van der Waals surface area contributed by atoms with E-state index in [1.165, 1.54) is 6.42 Å². The number of ether oxygens (including phenoxy) is 1. The Bertz CT molecular complexity index is 316. The van der Waals surface area contributed by atoms with Crippen LogP contribution in [0.4, 0.5) is 0 Å². The van der Waals surface area contributed by atoms with Gasteiger partial charge >= 0.3 is 5.97 Å². The van der Waals surface area contributed by atoms with Crippen molar-refractivity contribution in [3.05, 3.63) is 0 Å². The quantitative estimate of drug-likeness (QED) is 0.453. The van der Waals surface area contributed by atoms with Gasteiger partial charge in [0.1, 0.15) is 0 Å². The second-order valence-corrected chi connectivity index (χ2v) is 5.71. The second kappa shape index (κ2) is 6.20. The molecule has 0 amide bonds. The zero-order chi connectivity index (χ0) is 12.0. The maximum absolute atomic E-state index is 11.5. The zero-order valence-electron chi connectivity index (χ0n) is 9.22. The van der Waals surface area contributed by atoms with E-state index in [2.05, 4.69) is 0 Å². The van der Waals surface area contributed by atoms with E-state index >= 15 is 0 Å². The van der Waals surface area contributed by atoms with Gasteiger partial charge in [-0.3, -0.25) is 9.35 Å². The molecule has 0 spiro atoms. The fourth-order valence-electron chi connectivity index (χ4n) is 1.87. The van der Waals surface area contributed by atoms with Gasteiger partial charge in [-0.25, -0.2) is 0 Å². The molecule has 0 heterocycles. The molecule has 16 heavy (non-hydrogen) atoms. The van der Waals surface area contributed by atoms with E-state index in [0.29, 0.717) is 0 Å². The molecule has 0 saturated heterocycles. The van der Waals surface area contributed by atoms with Crippen molar-refractivity contribution in [1.29, 1.82) is 0 Å². The van der Waals surface area contributed by atoms with Gasteiger partial charge in [0.05, 0.1) is 18.3 Å². The van der Waals surface area contributed by atoms with E-state index < -0.39 is 10.1 Å². The van der Waals surface area contributed by atoms with Crippen molar-refractivity contribution < 1.29 is 22.5 Å². The molecule has 0 aromatic heterocycles. The molecule has 0 bridgehead atoms. The summed E-state index contributed by atoms with van der Waals surface area (Å²) in [6, 6.07) is 0. The van der Waals surface area contributed by atoms with Crippen molar-refractivity contribution >= 4 is 16.1 Å². The molecule has 1 N–H and O–H groups in total. The van der Waals surface area contributed by atoms with Crippen LogP contribution in [-0.4, -0.2) is 31.3 Å². The van der Waals surface area contributed by atoms with Crippen LogP contribution in [0.5, 0.6) is 0 Å². The van der Waals surface area contributed by atoms with Crippen molar-refractivity contribution in [2.24, 2.45) is 5.92 Å². The first kappa shape index (κ1) is 13.4. The Hall–Kier alpha value is -0.620. The van der Waals surface area contributed by atoms with Gasteiger partial charge in [-0.2, -0.15) is 8.42 Å². The molecule has 1 fully saturated rings. The number of carbonyl (C=O) groups excluding carboxylic acids is 1. The third-order valence-corrected chi connectivity index (χ3v) is 3.53. The first-order valence-corrected chi connectivity index (χ1v) is 7.22. The van der Waals surface area contributed by atoms with Crippen LogP contribution in [0, 0.1) is 5.92 Å². The lowest BCUT2D eigenvalue weighted by Gasteiger charge is -2.19. The lowest BCUT2D eigenvalue weighted by molar-refractivity contribution is -0.149. The monoisotopic (exact) mass is 250 g/mol. The first-order valence-electron chi connectivity index (χ1n) is 5.61. The van der Waals surface area contributed by atoms with Gasteiger partial charge < -0.3 is 4.74 Å². The molecule has 0 aromatic rings. The molecular weight excluding hydrogens is 232 g/mol. The van der Waals surface area contributed by atoms with Crippen molar-refractivity contribution in [3.63, 3.8) is 0 Å². The second-order valence-electron chi connectivity index (χ2n) is 4.14. The Morgan fingerprint density at radius 1 is 1.25 bits per heavy atom. The molecule has 0 atom stereocenters. The molecular formula is C10H18O5S. The molecule has 6 heteroatoms. The summed E-state index contributed by atoms with van der Waals surface area (Å²) in [5.74, 6) is -0.597. The number of carbonyl (C=O) groups is 1. The summed E-state index contributed by atoms with van der Waals surface area (Å²) in [6.07, 6.45) is 5.19. The third-order valence-electron chi connectivity index (χ3n) is 2.73. The average molecular weight is 250 g/mol. The SMILES string of the molecule is O=C(OCCCS(=O)(=O)O)C1CCCCC1. The van der Waals surface area contributed by atoms with Gasteiger partial charge in [0.25, 0.3) is 10.1 Å². The molecule has 94 valence electrons. The van der Waals surface area contributed by atoms with Crippen molar-refractivity contribution in [2.75, 3.05) is 12.4 Å². The fraction of sp³-hybridized carbons (Fsp3) is 0.900. The summed E-state index contributed by atoms with van der Waals surface area (Å²) >= 11 is 0. The topological polar surface area (TPSA) is 80.7 Å². The van der Waals surface area contributed by atoms with E-state index in [9.17, 15) is 13.2 Å². The lowest BCUT2D eigenvalue weighted by atomic mass is 9.89. The minimum absolute atomic E-state index is 0.0144. The predicted molar refractivity (Wildman–Crippen MR) is 58.6 cm³/mol. The normalized spacial score (nSPS) is 18.3. The van der Waals surface area contributed by atoms with E-state index in [0.717, 1.165) is 25.7 Å². The van der Waals surface area contributed by atoms with Crippen LogP contribution in [0.2, 0.25) is 0 Å². The number of hydrogen-bond donors (Lipinski definition) is 1. The van der Waals surface area contributed by atoms with Crippen LogP contribution < -0.4 is 0 Å². The van der Waals surface area contributed by atoms with E-state index in [4.69, 9.17) is 9.29 Å². The van der Waals surface area contributed by atoms with Crippen LogP contribution in [-0.2, 0) is 19.6 Å². The Balaban J connectivity index is 2.14. The highest BCUT2D eigenvalue weighted by atomic mass is 32.2. The van der Waals surface area contributed by atoms with Crippen molar-refractivity contribution in [2.45, 2.75) is 38.5 Å². The lowest BCUT2D eigenvalue weighted by Crippen LogP contribution is -2.21. The summed E-state index contributed by atoms with van der Waals surface area (Å²) in [5.41, 5.74) is 0. The Morgan fingerprint density at radius 2 is 1.88 bits per heavy atom. The Kier molecular flexibility index (Phi) is 5.21. The zero-order valence-corrected chi connectivity index (χ0v) is 10.0. The van der Waals surface area contributed by atoms with E-state index in [1.807, 2.05) is 0 Å². The molecule has 5 nitrogen and oxygen atoms in total. The summed E-state index contributed by atoms with van der Waals surface area (Å²) in [5, 5.41) is 0. The Labute approximate surface area is 95.9 Å². The van der Waals surface area contributed by atoms with E-state index in [-0.39, 0.29) is 30.7 Å². The number of esters is 1. The van der Waals surface area contributed by atoms with Crippen molar-refractivity contribution in [3.8, 4) is 0 Å². The highest BCUT2D eigenvalue weighted by Crippen LogP contribution is 2.24. The van der Waals surface area contributed by atoms with Crippen LogP contribution in [0.25, 0.3) is 0 Å². The molecule has 0 aliphatic heterocycles. The molecule has 0 aromatic carbocycles. The van der Waals surface area contributed by atoms with Gasteiger partial charge in [-0.15, -0.1) is 0 Å². The maximum atomic E-state index is 11.5. The van der Waals surface area contributed by atoms with Gasteiger partial charge in [0.15, 0.2) is 0 Å². The number of rotatable bonds is 5. The summed E-state index contributed by atoms with van der Waals surface area (Å²) in [7, 11) is -3.94. The highest BCUT2D eigenvalue weighted by Gasteiger charge is 2.22. The molecule has 0 unspecified atom stereocenters. The summed E-state index contributed by atoms with van der Waals surface area (Å²) < 4.78 is 34.2. The fourth-order valence-corrected chi connectivity index (χ4v) is 2.35. The maximum Gasteiger partial charge on any atom is 0.308 e. The summed E-state index contributed by atoms with van der Waals surface area (Å²) in [4.78, 5) is 11.5. The summed E-state index contributed by atoms with van der Waals surface area (Å²) in [6.45, 7) is 0.0646. The van der Waals surface area contributed by atoms with Gasteiger partial charge in [-0.05, 0) is 19.3 Å². The van der Waals surface area contributed by atoms with Gasteiger partial charge in [0.2, 0.25) is 0 Å². The minimum atomic E-state index is -3.94. The minimum Gasteiger partial charge on any atom is -0.465 e. The van der Waals surface area contributed by atoms with Crippen LogP contribution in [0.3, 0.4) is 0 Å². The van der Waals surface area contributed by atoms with Gasteiger partial charge in [0, 0.05) is 0 Å². The molecule has 0 radical (unpaired) electrons. The van der Waals surface area contributed by atoms with Crippen LogP contribution >= 0.6 is 0 Å². The van der Waals surface area contributed by atoms with Crippen molar-refractivity contribution in [1.82, 2.24) is 0 Å². The standard InChI is InChI=1S/C10H18O5S/c11-10(9-5-2-1-3-6-9)15-7-4-8-16(12,13)14/h9H,1-8H2,(H,12,13,14). The van der Waals surface area contributed by atoms with Crippen LogP contribution in [0.15, 0.2) is 0 Å². The first-order chi connectivity index (χ1) is 7.49. The van der Waals surface area contributed by atoms with E-state index in [1.54, 1.807) is 0 Å². The Morgan fingerprint density at radius 3 is 2.44 bits per heavy atom.